The Hall–Kier alpha value is -9.66. The van der Waals surface area contributed by atoms with Gasteiger partial charge in [-0.15, -0.1) is 34.0 Å². The first-order valence-corrected chi connectivity index (χ1v) is 38.6. The number of rotatable bonds is 23. The van der Waals surface area contributed by atoms with Crippen LogP contribution in [0.3, 0.4) is 0 Å². The fraction of sp³-hybridized carbons (Fsp3) is 0.360. The SMILES string of the molecule is CCOC(=O)C1=C(CN2CC(/C=C(\C)C(=O)O)CC(F)(F)C2)NC(c2nccs2)=N[C@H]1c1ccc(F)cc1Cl.CCOC(=O)C1=C(CN2C[C@@H](/C=C/C(=O)O)CC(F)(F)C2)NC(c2nccs2)=N[C@H]1c1ccc(F)cc1Cl.COC(=O)C1=C(CN2C[C@@H](/C=C/C(=O)O)CC(F)(F)C2)NC(c2nccs2)=N[C@H]1c1ccc(F)cc1Cl. The molecule has 0 bridgehead atoms. The summed E-state index contributed by atoms with van der Waals surface area (Å²) in [5.41, 5.74) is 1.85. The number of likely N-dealkylation sites (tertiary alicyclic amines) is 3. The number of benzene rings is 3. The summed E-state index contributed by atoms with van der Waals surface area (Å²) in [5.74, 6) is -18.1. The number of hydrogen-bond acceptors (Lipinski definition) is 24. The fourth-order valence-corrected chi connectivity index (χ4v) is 16.1. The van der Waals surface area contributed by atoms with Gasteiger partial charge < -0.3 is 45.5 Å². The largest absolute Gasteiger partial charge is 0.478 e. The number of aliphatic carboxylic acids is 3. The molecule has 0 radical (unpaired) electrons. The molecule has 12 rings (SSSR count). The third-order valence-corrected chi connectivity index (χ3v) is 21.3. The predicted octanol–water partition coefficient (Wildman–Crippen LogP) is 13.3. The first-order chi connectivity index (χ1) is 54.1. The zero-order valence-electron chi connectivity index (χ0n) is 60.7. The molecule has 3 aromatic carbocycles. The molecule has 3 aromatic heterocycles. The molecule has 0 saturated carbocycles. The lowest BCUT2D eigenvalue weighted by Gasteiger charge is -2.38. The average molecular weight is 1710 g/mol. The Kier molecular flexibility index (Phi) is 29.1. The molecule has 606 valence electrons. The van der Waals surface area contributed by atoms with E-state index in [-0.39, 0.29) is 113 Å². The van der Waals surface area contributed by atoms with Gasteiger partial charge in [-0.2, -0.15) is 0 Å². The van der Waals surface area contributed by atoms with E-state index >= 15 is 0 Å². The van der Waals surface area contributed by atoms with Gasteiger partial charge >= 0.3 is 35.8 Å². The molecule has 39 heteroatoms. The van der Waals surface area contributed by atoms with E-state index in [0.29, 0.717) is 43.4 Å². The Labute approximate surface area is 672 Å². The van der Waals surface area contributed by atoms with Crippen molar-refractivity contribution in [1.82, 2.24) is 45.6 Å². The van der Waals surface area contributed by atoms with Crippen molar-refractivity contribution in [1.29, 1.82) is 0 Å². The number of carbonyl (C=O) groups excluding carboxylic acids is 3. The number of nitrogens with zero attached hydrogens (tertiary/aromatic N) is 9. The molecule has 0 aliphatic carbocycles. The summed E-state index contributed by atoms with van der Waals surface area (Å²) in [6.07, 6.45) is 8.75. The zero-order valence-corrected chi connectivity index (χ0v) is 65.4. The number of hydrogen-bond donors (Lipinski definition) is 6. The van der Waals surface area contributed by atoms with E-state index in [1.54, 1.807) is 48.6 Å². The molecule has 6 aliphatic heterocycles. The highest BCUT2D eigenvalue weighted by molar-refractivity contribution is 7.12. The van der Waals surface area contributed by atoms with Gasteiger partial charge in [0, 0.05) is 160 Å². The van der Waals surface area contributed by atoms with Crippen LogP contribution in [0.15, 0.2) is 174 Å². The number of carbonyl (C=O) groups is 6. The van der Waals surface area contributed by atoms with Gasteiger partial charge in [0.2, 0.25) is 0 Å². The second kappa shape index (κ2) is 38.2. The van der Waals surface area contributed by atoms with Crippen molar-refractivity contribution in [2.75, 3.05) is 79.2 Å². The van der Waals surface area contributed by atoms with E-state index in [0.717, 1.165) is 30.4 Å². The lowest BCUT2D eigenvalue weighted by atomic mass is 9.92. The van der Waals surface area contributed by atoms with Crippen LogP contribution < -0.4 is 16.0 Å². The Morgan fingerprint density at radius 3 is 1.11 bits per heavy atom. The van der Waals surface area contributed by atoms with Crippen LogP contribution in [0.25, 0.3) is 0 Å². The summed E-state index contributed by atoms with van der Waals surface area (Å²) in [7, 11) is 1.18. The number of methoxy groups -OCH3 is 1. The van der Waals surface area contributed by atoms with Crippen LogP contribution in [0.1, 0.15) is 89.9 Å². The lowest BCUT2D eigenvalue weighted by molar-refractivity contribution is -0.140. The molecule has 6 aliphatic rings. The maximum Gasteiger partial charge on any atom is 0.338 e. The molecule has 9 heterocycles. The van der Waals surface area contributed by atoms with E-state index in [9.17, 15) is 73.4 Å². The van der Waals surface area contributed by atoms with Gasteiger partial charge in [0.25, 0.3) is 17.8 Å². The van der Waals surface area contributed by atoms with Gasteiger partial charge in [-0.25, -0.2) is 83.2 Å². The number of alkyl halides is 6. The van der Waals surface area contributed by atoms with Gasteiger partial charge in [0.05, 0.1) is 56.7 Å². The Bertz CT molecular complexity index is 4880. The molecular weight excluding hydrogens is 1630 g/mol. The number of esters is 3. The molecule has 24 nitrogen and oxygen atoms in total. The second-order valence-corrected chi connectivity index (χ2v) is 30.6. The quantitative estimate of drug-likeness (QED) is 0.0150. The van der Waals surface area contributed by atoms with E-state index in [1.807, 2.05) is 0 Å². The van der Waals surface area contributed by atoms with Gasteiger partial charge in [-0.05, 0) is 74.9 Å². The number of ether oxygens (including phenoxy) is 3. The topological polar surface area (TPSA) is 312 Å². The zero-order chi connectivity index (χ0) is 82.5. The monoisotopic (exact) mass is 1700 g/mol. The third-order valence-electron chi connectivity index (χ3n) is 18.0. The van der Waals surface area contributed by atoms with Crippen molar-refractivity contribution in [2.24, 2.45) is 32.7 Å². The average Bonchev–Trinajstić information content (AvgIpc) is 1.20. The minimum atomic E-state index is -3.09. The number of carboxylic acid groups (broad SMARTS) is 3. The summed E-state index contributed by atoms with van der Waals surface area (Å²) < 4.78 is 145. The fourth-order valence-electron chi connectivity index (χ4n) is 13.6. The van der Waals surface area contributed by atoms with Crippen molar-refractivity contribution >= 4 is 122 Å². The van der Waals surface area contributed by atoms with Crippen LogP contribution in [0.4, 0.5) is 39.5 Å². The third kappa shape index (κ3) is 22.9. The first kappa shape index (κ1) is 86.7. The lowest BCUT2D eigenvalue weighted by Crippen LogP contribution is -2.49. The molecule has 1 unspecified atom stereocenters. The van der Waals surface area contributed by atoms with Crippen molar-refractivity contribution in [3.63, 3.8) is 0 Å². The smallest absolute Gasteiger partial charge is 0.338 e. The number of piperidine rings is 3. The summed E-state index contributed by atoms with van der Waals surface area (Å²) in [5, 5.41) is 43.0. The molecule has 3 saturated heterocycles. The van der Waals surface area contributed by atoms with Crippen LogP contribution in [0.5, 0.6) is 0 Å². The first-order valence-electron chi connectivity index (χ1n) is 34.8. The minimum absolute atomic E-state index is 0.0240. The maximum atomic E-state index is 14.8. The Morgan fingerprint density at radius 1 is 0.518 bits per heavy atom. The van der Waals surface area contributed by atoms with Gasteiger partial charge in [0.1, 0.15) is 35.6 Å². The molecule has 6 N–H and O–H groups in total. The number of thiazole rings is 3. The number of nitrogens with one attached hydrogen (secondary N) is 3. The number of amidine groups is 3. The van der Waals surface area contributed by atoms with E-state index < -0.39 is 146 Å². The molecular formula is C75H72Cl3F9N12O12S3. The van der Waals surface area contributed by atoms with Gasteiger partial charge in [-0.3, -0.25) is 29.7 Å². The number of carboxylic acids is 3. The van der Waals surface area contributed by atoms with Crippen LogP contribution in [-0.2, 0) is 43.0 Å². The number of halogens is 12. The standard InChI is InChI=1S/C26H26ClF3N4O4S.C25H24ClF3N4O4S.C24H22ClF3N4O4S/c1-3-38-25(37)20-19(12-34-11-15(8-14(2)24(35)36)10-26(29,30)13-34)32-22(23-31-6-7-39-23)33-21(20)17-5-4-16(28)9-18(17)27;1-2-37-24(36)20-18(12-33-11-14(3-6-19(34)35)10-25(28,29)13-33)31-22(23-30-7-8-38-23)32-21(20)16-5-4-15(27)9-17(16)26;1-36-23(35)19-17(11-32-10-13(2-5-18(33)34)9-24(27,28)12-32)30-21(22-29-6-7-37-22)31-20(19)15-4-3-14(26)8-16(15)25/h4-9,15,21H,3,10-13H2,1-2H3,(H,32,33)(H,35,36);3-9,14,21H,2,10-13H2,1H3,(H,31,32)(H,34,35);2-8,13,20H,9-12H2,1H3,(H,30,31)(H,33,34)/b14-8+;6-3+;5-2+/t15?,21-;14-,21-;13-,20-/m000/s1. The van der Waals surface area contributed by atoms with E-state index in [2.05, 4.69) is 45.9 Å². The van der Waals surface area contributed by atoms with Crippen molar-refractivity contribution < 1.29 is 97.8 Å². The highest BCUT2D eigenvalue weighted by atomic mass is 35.5. The molecule has 6 aromatic rings. The van der Waals surface area contributed by atoms with Crippen molar-refractivity contribution in [3.05, 3.63) is 223 Å². The normalized spacial score (nSPS) is 21.9. The molecule has 6 atom stereocenters. The molecule has 0 spiro atoms. The summed E-state index contributed by atoms with van der Waals surface area (Å²) in [6.45, 7) is 2.93. The van der Waals surface area contributed by atoms with Crippen LogP contribution in [-0.4, -0.2) is 195 Å². The predicted molar refractivity (Wildman–Crippen MR) is 408 cm³/mol. The van der Waals surface area contributed by atoms with E-state index in [4.69, 9.17) is 59.2 Å². The number of aliphatic imine (C=N–C) groups is 3. The highest BCUT2D eigenvalue weighted by Gasteiger charge is 2.46. The molecule has 114 heavy (non-hydrogen) atoms. The van der Waals surface area contributed by atoms with Crippen molar-refractivity contribution in [2.45, 2.75) is 75.9 Å². The summed E-state index contributed by atoms with van der Waals surface area (Å²) in [6, 6.07) is 8.02. The van der Waals surface area contributed by atoms with Gasteiger partial charge in [0.15, 0.2) is 32.5 Å². The van der Waals surface area contributed by atoms with Crippen LogP contribution in [0.2, 0.25) is 15.1 Å². The van der Waals surface area contributed by atoms with Crippen LogP contribution >= 0.6 is 68.8 Å². The minimum Gasteiger partial charge on any atom is -0.478 e. The number of aromatic nitrogens is 3. The van der Waals surface area contributed by atoms with E-state index in [1.165, 1.54) is 117 Å². The maximum absolute atomic E-state index is 14.8. The Morgan fingerprint density at radius 2 is 0.833 bits per heavy atom. The van der Waals surface area contributed by atoms with Crippen LogP contribution in [0, 0.1) is 35.2 Å². The van der Waals surface area contributed by atoms with Gasteiger partial charge in [-0.1, -0.05) is 71.2 Å². The summed E-state index contributed by atoms with van der Waals surface area (Å²) in [4.78, 5) is 104. The Balaban J connectivity index is 0.000000181. The summed E-state index contributed by atoms with van der Waals surface area (Å²) >= 11 is 22.9. The highest BCUT2D eigenvalue weighted by Crippen LogP contribution is 2.43. The second-order valence-electron chi connectivity index (χ2n) is 26.7. The van der Waals surface area contributed by atoms with Crippen molar-refractivity contribution in [3.8, 4) is 0 Å². The molecule has 3 fully saturated rings. The molecule has 0 amide bonds.